The summed E-state index contributed by atoms with van der Waals surface area (Å²) in [6.45, 7) is 1.09. The van der Waals surface area contributed by atoms with Gasteiger partial charge in [-0.2, -0.15) is 8.42 Å². The number of carbonyl (C=O) groups excluding carboxylic acids is 1. The van der Waals surface area contributed by atoms with Gasteiger partial charge in [0.2, 0.25) is 0 Å². The number of carbonyl (C=O) groups is 1. The Hall–Kier alpha value is -0.580. The Bertz CT molecular complexity index is 296. The van der Waals surface area contributed by atoms with Crippen molar-refractivity contribution >= 4 is 16.7 Å². The summed E-state index contributed by atoms with van der Waals surface area (Å²) in [5.41, 5.74) is 0. The van der Waals surface area contributed by atoms with Gasteiger partial charge in [0.1, 0.15) is 18.3 Å². The van der Waals surface area contributed by atoms with Crippen LogP contribution < -0.4 is 0 Å². The molecule has 0 fully saturated rings. The lowest BCUT2D eigenvalue weighted by atomic mass is 10.1. The second kappa shape index (κ2) is 5.49. The molecule has 0 rings (SSSR count). The van der Waals surface area contributed by atoms with Crippen molar-refractivity contribution in [1.82, 2.24) is 0 Å². The van der Waals surface area contributed by atoms with Crippen LogP contribution in [0.3, 0.4) is 0 Å². The van der Waals surface area contributed by atoms with Gasteiger partial charge in [0.05, 0.1) is 6.10 Å². The second-order valence-electron chi connectivity index (χ2n) is 2.85. The number of aliphatic hydroxyl groups is 3. The van der Waals surface area contributed by atoms with Gasteiger partial charge in [0, 0.05) is 0 Å². The summed E-state index contributed by atoms with van der Waals surface area (Å²) in [6.07, 6.45) is -7.34. The van der Waals surface area contributed by atoms with E-state index in [0.29, 0.717) is 0 Å². The molecular formula is C6H12O8S. The van der Waals surface area contributed by atoms with Crippen molar-refractivity contribution in [2.45, 2.75) is 31.3 Å². The summed E-state index contributed by atoms with van der Waals surface area (Å²) in [4.78, 5) is 10.2. The van der Waals surface area contributed by atoms with Crippen LogP contribution in [0.1, 0.15) is 6.92 Å². The number of hydrogen-bond acceptors (Lipinski definition) is 7. The first kappa shape index (κ1) is 14.4. The Labute approximate surface area is 86.1 Å². The molecule has 9 heteroatoms. The molecule has 0 aliphatic heterocycles. The van der Waals surface area contributed by atoms with E-state index in [1.807, 2.05) is 0 Å². The lowest BCUT2D eigenvalue weighted by Crippen LogP contribution is -2.46. The van der Waals surface area contributed by atoms with Crippen molar-refractivity contribution in [3.8, 4) is 0 Å². The molecule has 0 radical (unpaired) electrons. The van der Waals surface area contributed by atoms with E-state index in [1.54, 1.807) is 0 Å². The smallest absolute Gasteiger partial charge is 0.391 e. The van der Waals surface area contributed by atoms with Gasteiger partial charge < -0.3 is 20.1 Å². The first-order valence-corrected chi connectivity index (χ1v) is 5.20. The molecule has 0 unspecified atom stereocenters. The number of rotatable bonds is 6. The normalized spacial score (nSPS) is 20.3. The molecule has 0 aliphatic carbocycles. The molecule has 0 heterocycles. The van der Waals surface area contributed by atoms with E-state index in [9.17, 15) is 18.3 Å². The van der Waals surface area contributed by atoms with E-state index in [4.69, 9.17) is 14.8 Å². The number of aldehydes is 1. The molecule has 4 N–H and O–H groups in total. The topological polar surface area (TPSA) is 141 Å². The zero-order valence-electron chi connectivity index (χ0n) is 7.72. The first-order valence-electron chi connectivity index (χ1n) is 3.84. The molecule has 90 valence electrons. The zero-order chi connectivity index (χ0) is 12.2. The first-order chi connectivity index (χ1) is 6.69. The van der Waals surface area contributed by atoms with Crippen molar-refractivity contribution in [3.63, 3.8) is 0 Å². The van der Waals surface area contributed by atoms with E-state index in [2.05, 4.69) is 4.18 Å². The quantitative estimate of drug-likeness (QED) is 0.296. The van der Waals surface area contributed by atoms with Gasteiger partial charge in [-0.05, 0) is 6.92 Å². The molecule has 0 saturated heterocycles. The zero-order valence-corrected chi connectivity index (χ0v) is 8.53. The van der Waals surface area contributed by atoms with E-state index in [-0.39, 0.29) is 6.29 Å². The number of hydrogen-bond donors (Lipinski definition) is 4. The molecular weight excluding hydrogens is 232 g/mol. The van der Waals surface area contributed by atoms with E-state index >= 15 is 0 Å². The van der Waals surface area contributed by atoms with Gasteiger partial charge in [0.15, 0.2) is 6.29 Å². The molecule has 0 amide bonds. The Morgan fingerprint density at radius 1 is 1.27 bits per heavy atom. The largest absolute Gasteiger partial charge is 0.397 e. The lowest BCUT2D eigenvalue weighted by Gasteiger charge is -2.24. The Morgan fingerprint density at radius 2 is 1.73 bits per heavy atom. The molecule has 15 heavy (non-hydrogen) atoms. The van der Waals surface area contributed by atoms with Gasteiger partial charge in [0.25, 0.3) is 0 Å². The highest BCUT2D eigenvalue weighted by Crippen LogP contribution is 2.10. The fraction of sp³-hybridized carbons (Fsp3) is 0.833. The molecule has 4 atom stereocenters. The predicted octanol–water partition coefficient (Wildman–Crippen LogP) is -2.52. The highest BCUT2D eigenvalue weighted by Gasteiger charge is 2.34. The minimum atomic E-state index is -4.95. The second-order valence-corrected chi connectivity index (χ2v) is 3.89. The van der Waals surface area contributed by atoms with Gasteiger partial charge in [-0.3, -0.25) is 4.55 Å². The Morgan fingerprint density at radius 3 is 2.00 bits per heavy atom. The lowest BCUT2D eigenvalue weighted by molar-refractivity contribution is -0.128. The van der Waals surface area contributed by atoms with Gasteiger partial charge in [-0.25, -0.2) is 4.18 Å². The van der Waals surface area contributed by atoms with Gasteiger partial charge >= 0.3 is 10.4 Å². The minimum Gasteiger partial charge on any atom is -0.391 e. The van der Waals surface area contributed by atoms with Crippen LogP contribution in [0.15, 0.2) is 0 Å². The van der Waals surface area contributed by atoms with Crippen LogP contribution in [0.4, 0.5) is 0 Å². The van der Waals surface area contributed by atoms with Crippen LogP contribution in [0.25, 0.3) is 0 Å². The maximum Gasteiger partial charge on any atom is 0.397 e. The highest BCUT2D eigenvalue weighted by atomic mass is 32.3. The third-order valence-electron chi connectivity index (χ3n) is 1.54. The van der Waals surface area contributed by atoms with Crippen LogP contribution in [-0.4, -0.2) is 59.0 Å². The van der Waals surface area contributed by atoms with E-state index < -0.39 is 34.8 Å². The standard InChI is InChI=1S/C6H12O8S/c1-3(8)5(10)6(4(9)2-7)14-15(11,12)13/h2-6,8-10H,1H3,(H,11,12,13)/t3-,4+,5-,6-/m1/s1. The fourth-order valence-electron chi connectivity index (χ4n) is 0.808. The molecule has 0 aromatic rings. The van der Waals surface area contributed by atoms with E-state index in [1.165, 1.54) is 0 Å². The van der Waals surface area contributed by atoms with Gasteiger partial charge in [-0.1, -0.05) is 0 Å². The maximum absolute atomic E-state index is 10.3. The minimum absolute atomic E-state index is 0.0958. The monoisotopic (exact) mass is 244 g/mol. The molecule has 8 nitrogen and oxygen atoms in total. The van der Waals surface area contributed by atoms with Gasteiger partial charge in [-0.15, -0.1) is 0 Å². The van der Waals surface area contributed by atoms with E-state index in [0.717, 1.165) is 6.92 Å². The third-order valence-corrected chi connectivity index (χ3v) is 2.01. The third kappa shape index (κ3) is 5.16. The summed E-state index contributed by atoms with van der Waals surface area (Å²) >= 11 is 0. The van der Waals surface area contributed by atoms with Crippen LogP contribution in [0, 0.1) is 0 Å². The summed E-state index contributed by atoms with van der Waals surface area (Å²) in [5, 5.41) is 27.0. The van der Waals surface area contributed by atoms with Crippen molar-refractivity contribution in [1.29, 1.82) is 0 Å². The van der Waals surface area contributed by atoms with Crippen LogP contribution in [-0.2, 0) is 19.4 Å². The van der Waals surface area contributed by atoms with Crippen LogP contribution >= 0.6 is 0 Å². The molecule has 0 spiro atoms. The average Bonchev–Trinajstić information content (AvgIpc) is 2.10. The SMILES string of the molecule is C[C@@H](O)[C@@H](O)[C@H](OS(=O)(=O)O)[C@@H](O)C=O. The number of aliphatic hydroxyl groups excluding tert-OH is 3. The summed E-state index contributed by atoms with van der Waals surface area (Å²) in [7, 11) is -4.95. The predicted molar refractivity (Wildman–Crippen MR) is 46.2 cm³/mol. The summed E-state index contributed by atoms with van der Waals surface area (Å²) in [6, 6.07) is 0. The fourth-order valence-corrected chi connectivity index (χ4v) is 1.32. The van der Waals surface area contributed by atoms with Crippen LogP contribution in [0.5, 0.6) is 0 Å². The average molecular weight is 244 g/mol. The molecule has 0 bridgehead atoms. The Kier molecular flexibility index (Phi) is 5.28. The van der Waals surface area contributed by atoms with Crippen molar-refractivity contribution in [3.05, 3.63) is 0 Å². The van der Waals surface area contributed by atoms with Crippen molar-refractivity contribution in [2.75, 3.05) is 0 Å². The highest BCUT2D eigenvalue weighted by molar-refractivity contribution is 7.80. The molecule has 0 saturated carbocycles. The van der Waals surface area contributed by atoms with Crippen molar-refractivity contribution < 1.29 is 37.3 Å². The summed E-state index contributed by atoms with van der Waals surface area (Å²) in [5.74, 6) is 0. The molecule has 0 aliphatic rings. The van der Waals surface area contributed by atoms with Crippen molar-refractivity contribution in [2.24, 2.45) is 0 Å². The maximum atomic E-state index is 10.3. The molecule has 0 aromatic heterocycles. The van der Waals surface area contributed by atoms with Crippen LogP contribution in [0.2, 0.25) is 0 Å². The Balaban J connectivity index is 4.81. The molecule has 0 aromatic carbocycles. The summed E-state index contributed by atoms with van der Waals surface area (Å²) < 4.78 is 32.7.